The number of carbonyl (C=O) groups excluding carboxylic acids is 2. The van der Waals surface area contributed by atoms with Crippen LogP contribution in [0, 0.1) is 10.8 Å². The molecule has 0 amide bonds. The first-order valence-electron chi connectivity index (χ1n) is 13.8. The molecule has 0 radical (unpaired) electrons. The molecule has 0 spiro atoms. The molecule has 0 bridgehead atoms. The highest BCUT2D eigenvalue weighted by Crippen LogP contribution is 2.48. The van der Waals surface area contributed by atoms with Crippen molar-refractivity contribution < 1.29 is 29.3 Å². The van der Waals surface area contributed by atoms with Crippen LogP contribution in [0.3, 0.4) is 0 Å². The van der Waals surface area contributed by atoms with E-state index in [2.05, 4.69) is 0 Å². The predicted molar refractivity (Wildman–Crippen MR) is 138 cm³/mol. The molecular weight excluding hydrogens is 444 g/mol. The van der Waals surface area contributed by atoms with E-state index in [-0.39, 0.29) is 24.0 Å². The van der Waals surface area contributed by atoms with Gasteiger partial charge in [-0.2, -0.15) is 0 Å². The lowest BCUT2D eigenvalue weighted by atomic mass is 9.64. The van der Waals surface area contributed by atoms with Crippen molar-refractivity contribution in [2.75, 3.05) is 13.2 Å². The Morgan fingerprint density at radius 3 is 1.43 bits per heavy atom. The molecule has 2 fully saturated rings. The molecule has 2 rings (SSSR count). The summed E-state index contributed by atoms with van der Waals surface area (Å²) in [5.74, 6) is -0.808. The van der Waals surface area contributed by atoms with E-state index < -0.39 is 24.1 Å². The zero-order valence-corrected chi connectivity index (χ0v) is 22.0. The van der Waals surface area contributed by atoms with Crippen LogP contribution in [-0.2, 0) is 19.1 Å². The number of esters is 2. The van der Waals surface area contributed by atoms with Crippen LogP contribution < -0.4 is 0 Å². The van der Waals surface area contributed by atoms with Crippen LogP contribution in [-0.4, -0.2) is 47.6 Å². The second-order valence-corrected chi connectivity index (χ2v) is 11.0. The number of aliphatic hydroxyl groups excluding tert-OH is 2. The molecule has 200 valence electrons. The van der Waals surface area contributed by atoms with Crippen molar-refractivity contribution in [1.82, 2.24) is 0 Å². The quantitative estimate of drug-likeness (QED) is 0.235. The van der Waals surface area contributed by atoms with Gasteiger partial charge in [0.2, 0.25) is 0 Å². The van der Waals surface area contributed by atoms with Crippen molar-refractivity contribution in [3.8, 4) is 0 Å². The zero-order valence-electron chi connectivity index (χ0n) is 22.0. The minimum atomic E-state index is -0.639. The molecule has 6 nitrogen and oxygen atoms in total. The third-order valence-corrected chi connectivity index (χ3v) is 8.02. The number of aliphatic hydroxyl groups is 2. The maximum atomic E-state index is 11.6. The molecule has 2 aliphatic rings. The Morgan fingerprint density at radius 2 is 1.09 bits per heavy atom. The standard InChI is InChI=1S/C29H48O6/c1-3-12-26(32)34-22-24(30)20-28(14-7-5-8-15-28)18-11-19-29(16-9-6-10-17-29)21-25(31)23-35-27(33)13-4-2/h3-4,12-13,24-25,30-31H,5-11,14-23H2,1-2H3. The maximum Gasteiger partial charge on any atom is 0.330 e. The summed E-state index contributed by atoms with van der Waals surface area (Å²) in [6.45, 7) is 3.63. The first-order valence-corrected chi connectivity index (χ1v) is 13.8. The minimum absolute atomic E-state index is 0.0486. The predicted octanol–water partition coefficient (Wildman–Crippen LogP) is 5.80. The Balaban J connectivity index is 1.92. The van der Waals surface area contributed by atoms with Gasteiger partial charge in [0.25, 0.3) is 0 Å². The highest BCUT2D eigenvalue weighted by molar-refractivity contribution is 5.82. The summed E-state index contributed by atoms with van der Waals surface area (Å²) in [6, 6.07) is 0. The summed E-state index contributed by atoms with van der Waals surface area (Å²) < 4.78 is 10.4. The fraction of sp³-hybridized carbons (Fsp3) is 0.793. The van der Waals surface area contributed by atoms with Crippen LogP contribution in [0.4, 0.5) is 0 Å². The second kappa shape index (κ2) is 15.5. The van der Waals surface area contributed by atoms with Crippen LogP contribution in [0.15, 0.2) is 24.3 Å². The smallest absolute Gasteiger partial charge is 0.330 e. The SMILES string of the molecule is CC=CC(=O)OCC(O)CC1(CCCC2(CC(O)COC(=O)C=CC)CCCCC2)CCCCC1. The molecule has 2 aliphatic carbocycles. The molecule has 0 aromatic rings. The summed E-state index contributed by atoms with van der Waals surface area (Å²) >= 11 is 0. The Hall–Kier alpha value is -1.66. The van der Waals surface area contributed by atoms with Gasteiger partial charge in [0, 0.05) is 12.2 Å². The first kappa shape index (κ1) is 29.6. The van der Waals surface area contributed by atoms with Gasteiger partial charge >= 0.3 is 11.9 Å². The van der Waals surface area contributed by atoms with Crippen LogP contribution in [0.25, 0.3) is 0 Å². The summed E-state index contributed by atoms with van der Waals surface area (Å²) in [4.78, 5) is 23.3. The molecule has 0 aliphatic heterocycles. The van der Waals surface area contributed by atoms with Gasteiger partial charge in [0.15, 0.2) is 0 Å². The summed E-state index contributed by atoms with van der Waals surface area (Å²) in [5.41, 5.74) is 0.197. The molecular formula is C29H48O6. The highest BCUT2D eigenvalue weighted by atomic mass is 16.5. The minimum Gasteiger partial charge on any atom is -0.460 e. The van der Waals surface area contributed by atoms with Gasteiger partial charge in [-0.15, -0.1) is 0 Å². The van der Waals surface area contributed by atoms with E-state index in [4.69, 9.17) is 9.47 Å². The van der Waals surface area contributed by atoms with Crippen molar-refractivity contribution in [2.24, 2.45) is 10.8 Å². The number of hydrogen-bond donors (Lipinski definition) is 2. The third kappa shape index (κ3) is 10.9. The van der Waals surface area contributed by atoms with E-state index in [0.29, 0.717) is 12.8 Å². The van der Waals surface area contributed by atoms with E-state index in [0.717, 1.165) is 44.9 Å². The van der Waals surface area contributed by atoms with E-state index >= 15 is 0 Å². The molecule has 0 saturated heterocycles. The fourth-order valence-electron chi connectivity index (χ4n) is 6.40. The average molecular weight is 493 g/mol. The van der Waals surface area contributed by atoms with Crippen molar-refractivity contribution in [3.63, 3.8) is 0 Å². The number of hydrogen-bond acceptors (Lipinski definition) is 6. The van der Waals surface area contributed by atoms with Crippen molar-refractivity contribution >= 4 is 11.9 Å². The second-order valence-electron chi connectivity index (χ2n) is 11.0. The van der Waals surface area contributed by atoms with Crippen molar-refractivity contribution in [1.29, 1.82) is 0 Å². The van der Waals surface area contributed by atoms with Gasteiger partial charge in [0.05, 0.1) is 12.2 Å². The van der Waals surface area contributed by atoms with Gasteiger partial charge in [-0.1, -0.05) is 57.1 Å². The Bertz CT molecular complexity index is 627. The number of allylic oxidation sites excluding steroid dienone is 2. The van der Waals surface area contributed by atoms with Crippen LogP contribution in [0.2, 0.25) is 0 Å². The van der Waals surface area contributed by atoms with Gasteiger partial charge in [0.1, 0.15) is 13.2 Å². The van der Waals surface area contributed by atoms with E-state index in [1.54, 1.807) is 26.0 Å². The lowest BCUT2D eigenvalue weighted by Crippen LogP contribution is -2.34. The fourth-order valence-corrected chi connectivity index (χ4v) is 6.40. The molecule has 2 N–H and O–H groups in total. The van der Waals surface area contributed by atoms with Gasteiger partial charge in [-0.25, -0.2) is 9.59 Å². The van der Waals surface area contributed by atoms with Gasteiger partial charge in [-0.3, -0.25) is 0 Å². The average Bonchev–Trinajstić information content (AvgIpc) is 2.83. The van der Waals surface area contributed by atoms with Gasteiger partial charge < -0.3 is 19.7 Å². The van der Waals surface area contributed by atoms with Crippen LogP contribution in [0.1, 0.15) is 110 Å². The lowest BCUT2D eigenvalue weighted by Gasteiger charge is -2.42. The monoisotopic (exact) mass is 492 g/mol. The molecule has 2 unspecified atom stereocenters. The van der Waals surface area contributed by atoms with E-state index in [1.807, 2.05) is 0 Å². The van der Waals surface area contributed by atoms with Crippen LogP contribution >= 0.6 is 0 Å². The zero-order chi connectivity index (χ0) is 25.6. The molecule has 2 saturated carbocycles. The Morgan fingerprint density at radius 1 is 0.714 bits per heavy atom. The van der Waals surface area contributed by atoms with Crippen LogP contribution in [0.5, 0.6) is 0 Å². The normalized spacial score (nSPS) is 21.6. The molecule has 2 atom stereocenters. The first-order chi connectivity index (χ1) is 16.8. The van der Waals surface area contributed by atoms with Gasteiger partial charge in [-0.05, 0) is 76.0 Å². The summed E-state index contributed by atoms with van der Waals surface area (Å²) in [5, 5.41) is 21.3. The largest absolute Gasteiger partial charge is 0.460 e. The molecule has 0 aromatic carbocycles. The topological polar surface area (TPSA) is 93.1 Å². The Kier molecular flexibility index (Phi) is 13.1. The molecule has 0 aromatic heterocycles. The molecule has 6 heteroatoms. The number of carbonyl (C=O) groups is 2. The van der Waals surface area contributed by atoms with Crippen molar-refractivity contribution in [3.05, 3.63) is 24.3 Å². The summed E-state index contributed by atoms with van der Waals surface area (Å²) in [7, 11) is 0. The van der Waals surface area contributed by atoms with E-state index in [9.17, 15) is 19.8 Å². The summed E-state index contributed by atoms with van der Waals surface area (Å²) in [6.07, 6.45) is 21.0. The Labute approximate surface area is 212 Å². The van der Waals surface area contributed by atoms with E-state index in [1.165, 1.54) is 50.7 Å². The third-order valence-electron chi connectivity index (χ3n) is 8.02. The van der Waals surface area contributed by atoms with Crippen molar-refractivity contribution in [2.45, 2.75) is 122 Å². The molecule has 35 heavy (non-hydrogen) atoms. The maximum absolute atomic E-state index is 11.6. The molecule has 0 heterocycles. The highest BCUT2D eigenvalue weighted by Gasteiger charge is 2.37. The number of rotatable bonds is 14. The number of ether oxygens (including phenoxy) is 2. The lowest BCUT2D eigenvalue weighted by molar-refractivity contribution is -0.142.